The Kier molecular flexibility index (Phi) is 2.94. The Balaban J connectivity index is 3.02. The molecule has 19 heavy (non-hydrogen) atoms. The van der Waals surface area contributed by atoms with Crippen molar-refractivity contribution in [3.05, 3.63) is 35.9 Å². The first kappa shape index (κ1) is 13.6. The van der Waals surface area contributed by atoms with E-state index in [0.29, 0.717) is 6.07 Å². The maximum absolute atomic E-state index is 12.8. The Morgan fingerprint density at radius 2 is 1.68 bits per heavy atom. The summed E-state index contributed by atoms with van der Waals surface area (Å²) in [6.07, 6.45) is -5.02. The SMILES string of the molecule is O=S(=O)(O)c1c(C(F)(F)F)cc2ccccc2c1O. The van der Waals surface area contributed by atoms with Crippen LogP contribution in [0.4, 0.5) is 13.2 Å². The predicted molar refractivity (Wildman–Crippen MR) is 60.4 cm³/mol. The Hall–Kier alpha value is -1.80. The molecule has 0 aliphatic heterocycles. The topological polar surface area (TPSA) is 74.6 Å². The largest absolute Gasteiger partial charge is 0.506 e. The van der Waals surface area contributed by atoms with E-state index in [4.69, 9.17) is 4.55 Å². The molecule has 0 saturated carbocycles. The summed E-state index contributed by atoms with van der Waals surface area (Å²) >= 11 is 0. The number of alkyl halides is 3. The van der Waals surface area contributed by atoms with Crippen molar-refractivity contribution in [2.75, 3.05) is 0 Å². The Bertz CT molecular complexity index is 750. The van der Waals surface area contributed by atoms with Gasteiger partial charge >= 0.3 is 6.18 Å². The third-order valence-electron chi connectivity index (χ3n) is 2.54. The highest BCUT2D eigenvalue weighted by Gasteiger charge is 2.39. The third-order valence-corrected chi connectivity index (χ3v) is 3.47. The summed E-state index contributed by atoms with van der Waals surface area (Å²) in [4.78, 5) is -1.53. The second kappa shape index (κ2) is 4.10. The Morgan fingerprint density at radius 3 is 2.21 bits per heavy atom. The van der Waals surface area contributed by atoms with E-state index in [1.807, 2.05) is 0 Å². The van der Waals surface area contributed by atoms with E-state index in [2.05, 4.69) is 0 Å². The van der Waals surface area contributed by atoms with Gasteiger partial charge in [0.2, 0.25) is 0 Å². The average molecular weight is 292 g/mol. The first-order valence-electron chi connectivity index (χ1n) is 4.92. The van der Waals surface area contributed by atoms with Gasteiger partial charge in [-0.25, -0.2) is 0 Å². The van der Waals surface area contributed by atoms with Crippen LogP contribution >= 0.6 is 0 Å². The second-order valence-electron chi connectivity index (χ2n) is 3.80. The van der Waals surface area contributed by atoms with Crippen LogP contribution in [0.15, 0.2) is 35.2 Å². The number of benzene rings is 2. The molecule has 102 valence electrons. The van der Waals surface area contributed by atoms with Crippen LogP contribution in [0.5, 0.6) is 5.75 Å². The van der Waals surface area contributed by atoms with E-state index in [0.717, 1.165) is 0 Å². The van der Waals surface area contributed by atoms with Crippen LogP contribution < -0.4 is 0 Å². The first-order valence-corrected chi connectivity index (χ1v) is 6.36. The molecule has 0 aliphatic rings. The fourth-order valence-electron chi connectivity index (χ4n) is 1.78. The number of rotatable bonds is 1. The van der Waals surface area contributed by atoms with Crippen LogP contribution in [-0.4, -0.2) is 18.1 Å². The molecule has 2 rings (SSSR count). The summed E-state index contributed by atoms with van der Waals surface area (Å²) in [7, 11) is -5.21. The van der Waals surface area contributed by atoms with E-state index in [9.17, 15) is 26.7 Å². The molecule has 0 saturated heterocycles. The molecule has 8 heteroatoms. The first-order chi connectivity index (χ1) is 8.62. The van der Waals surface area contributed by atoms with Crippen molar-refractivity contribution in [3.63, 3.8) is 0 Å². The van der Waals surface area contributed by atoms with Gasteiger partial charge in [-0.15, -0.1) is 0 Å². The number of hydrogen-bond donors (Lipinski definition) is 2. The summed E-state index contributed by atoms with van der Waals surface area (Å²) < 4.78 is 69.4. The van der Waals surface area contributed by atoms with Crippen LogP contribution in [0.25, 0.3) is 10.8 Å². The molecule has 4 nitrogen and oxygen atoms in total. The highest BCUT2D eigenvalue weighted by molar-refractivity contribution is 7.86. The molecule has 0 unspecified atom stereocenters. The Morgan fingerprint density at radius 1 is 1.11 bits per heavy atom. The van der Waals surface area contributed by atoms with Gasteiger partial charge in [0.05, 0.1) is 5.56 Å². The standard InChI is InChI=1S/C11H7F3O4S/c12-11(13,14)8-5-6-3-1-2-4-7(6)9(15)10(8)19(16,17)18/h1-5,15H,(H,16,17,18). The van der Waals surface area contributed by atoms with Gasteiger partial charge in [-0.3, -0.25) is 4.55 Å². The number of fused-ring (bicyclic) bond motifs is 1. The van der Waals surface area contributed by atoms with Crippen LogP contribution in [0.3, 0.4) is 0 Å². The van der Waals surface area contributed by atoms with E-state index < -0.39 is 32.5 Å². The molecule has 0 heterocycles. The lowest BCUT2D eigenvalue weighted by Gasteiger charge is -2.14. The fourth-order valence-corrected chi connectivity index (χ4v) is 2.59. The molecule has 2 N–H and O–H groups in total. The molecule has 0 fully saturated rings. The summed E-state index contributed by atoms with van der Waals surface area (Å²) in [6.45, 7) is 0. The minimum Gasteiger partial charge on any atom is -0.506 e. The normalized spacial score (nSPS) is 12.8. The van der Waals surface area contributed by atoms with E-state index in [1.54, 1.807) is 0 Å². The monoisotopic (exact) mass is 292 g/mol. The highest BCUT2D eigenvalue weighted by atomic mass is 32.2. The number of halogens is 3. The zero-order valence-electron chi connectivity index (χ0n) is 9.14. The van der Waals surface area contributed by atoms with Crippen molar-refractivity contribution in [1.29, 1.82) is 0 Å². The van der Waals surface area contributed by atoms with Crippen molar-refractivity contribution in [3.8, 4) is 5.75 Å². The summed E-state index contributed by atoms with van der Waals surface area (Å²) in [6, 6.07) is 5.97. The summed E-state index contributed by atoms with van der Waals surface area (Å²) in [5.41, 5.74) is -1.61. The van der Waals surface area contributed by atoms with E-state index >= 15 is 0 Å². The van der Waals surface area contributed by atoms with Gasteiger partial charge in [-0.1, -0.05) is 24.3 Å². The molecule has 0 amide bonds. The van der Waals surface area contributed by atoms with Gasteiger partial charge in [0.25, 0.3) is 10.1 Å². The quantitative estimate of drug-likeness (QED) is 0.793. The molecule has 2 aromatic carbocycles. The smallest absolute Gasteiger partial charge is 0.417 e. The Labute approximate surface area is 105 Å². The minimum absolute atomic E-state index is 0.0136. The molecular weight excluding hydrogens is 285 g/mol. The molecule has 0 radical (unpaired) electrons. The van der Waals surface area contributed by atoms with Gasteiger partial charge in [-0.2, -0.15) is 21.6 Å². The van der Waals surface area contributed by atoms with Crippen molar-refractivity contribution >= 4 is 20.9 Å². The number of phenols is 1. The maximum atomic E-state index is 12.8. The van der Waals surface area contributed by atoms with Crippen molar-refractivity contribution in [1.82, 2.24) is 0 Å². The molecule has 0 spiro atoms. The fraction of sp³-hybridized carbons (Fsp3) is 0.0909. The van der Waals surface area contributed by atoms with Crippen molar-refractivity contribution in [2.24, 2.45) is 0 Å². The van der Waals surface area contributed by atoms with Crippen molar-refractivity contribution in [2.45, 2.75) is 11.1 Å². The molecule has 0 aliphatic carbocycles. The van der Waals surface area contributed by atoms with Crippen LogP contribution in [0.1, 0.15) is 5.56 Å². The number of aromatic hydroxyl groups is 1. The highest BCUT2D eigenvalue weighted by Crippen LogP contribution is 2.42. The molecular formula is C11H7F3O4S. The van der Waals surface area contributed by atoms with Crippen molar-refractivity contribution < 1.29 is 31.2 Å². The van der Waals surface area contributed by atoms with E-state index in [1.165, 1.54) is 24.3 Å². The van der Waals surface area contributed by atoms with E-state index in [-0.39, 0.29) is 10.8 Å². The van der Waals surface area contributed by atoms with Gasteiger partial charge in [-0.05, 0) is 11.5 Å². The predicted octanol–water partition coefficient (Wildman–Crippen LogP) is 2.81. The molecule has 0 bridgehead atoms. The minimum atomic E-state index is -5.21. The van der Waals surface area contributed by atoms with Gasteiger partial charge in [0.1, 0.15) is 10.6 Å². The van der Waals surface area contributed by atoms with Crippen LogP contribution in [0, 0.1) is 0 Å². The van der Waals surface area contributed by atoms with Gasteiger partial charge in [0.15, 0.2) is 0 Å². The number of phenolic OH excluding ortho intramolecular Hbond substituents is 1. The zero-order valence-corrected chi connectivity index (χ0v) is 9.96. The van der Waals surface area contributed by atoms with Gasteiger partial charge < -0.3 is 5.11 Å². The lowest BCUT2D eigenvalue weighted by molar-refractivity contribution is -0.140. The lowest BCUT2D eigenvalue weighted by Crippen LogP contribution is -2.13. The maximum Gasteiger partial charge on any atom is 0.417 e. The number of hydrogen-bond acceptors (Lipinski definition) is 3. The third kappa shape index (κ3) is 2.36. The average Bonchev–Trinajstić information content (AvgIpc) is 2.26. The second-order valence-corrected chi connectivity index (χ2v) is 5.15. The molecule has 0 atom stereocenters. The summed E-state index contributed by atoms with van der Waals surface area (Å²) in [5, 5.41) is 9.61. The lowest BCUT2D eigenvalue weighted by atomic mass is 10.1. The zero-order chi connectivity index (χ0) is 14.4. The van der Waals surface area contributed by atoms with Crippen LogP contribution in [0.2, 0.25) is 0 Å². The molecule has 2 aromatic rings. The van der Waals surface area contributed by atoms with Gasteiger partial charge in [0, 0.05) is 5.39 Å². The summed E-state index contributed by atoms with van der Waals surface area (Å²) in [5.74, 6) is -1.12. The molecule has 0 aromatic heterocycles. The van der Waals surface area contributed by atoms with Crippen LogP contribution in [-0.2, 0) is 16.3 Å².